The van der Waals surface area contributed by atoms with Gasteiger partial charge >= 0.3 is 6.18 Å². The van der Waals surface area contributed by atoms with E-state index in [1.165, 1.54) is 10.8 Å². The fourth-order valence-corrected chi connectivity index (χ4v) is 5.56. The second-order valence-corrected chi connectivity index (χ2v) is 9.15. The maximum absolute atomic E-state index is 13.8. The van der Waals surface area contributed by atoms with Gasteiger partial charge in [0.15, 0.2) is 0 Å². The lowest BCUT2D eigenvalue weighted by Gasteiger charge is -2.24. The normalized spacial score (nSPS) is 13.8. The lowest BCUT2D eigenvalue weighted by atomic mass is 10.1. The molecule has 0 amide bonds. The van der Waals surface area contributed by atoms with Crippen molar-refractivity contribution in [1.82, 2.24) is 9.29 Å². The first-order valence-electron chi connectivity index (χ1n) is 8.80. The molecular formula is C20H20ClF3N2O2S. The van der Waals surface area contributed by atoms with E-state index < -0.39 is 28.8 Å². The number of sulfonamides is 1. The van der Waals surface area contributed by atoms with Crippen LogP contribution in [0, 0.1) is 20.8 Å². The maximum atomic E-state index is 13.8. The molecule has 29 heavy (non-hydrogen) atoms. The Bertz CT molecular complexity index is 1150. The monoisotopic (exact) mass is 444 g/mol. The zero-order chi connectivity index (χ0) is 21.6. The van der Waals surface area contributed by atoms with Crippen molar-refractivity contribution in [2.45, 2.75) is 44.4 Å². The van der Waals surface area contributed by atoms with Gasteiger partial charge in [-0.25, -0.2) is 8.42 Å². The summed E-state index contributed by atoms with van der Waals surface area (Å²) in [5.41, 5.74) is 2.04. The third-order valence-corrected chi connectivity index (χ3v) is 6.77. The highest BCUT2D eigenvalue weighted by atomic mass is 35.5. The molecule has 0 spiro atoms. The predicted molar refractivity (Wildman–Crippen MR) is 108 cm³/mol. The van der Waals surface area contributed by atoms with Gasteiger partial charge in [-0.15, -0.1) is 0 Å². The van der Waals surface area contributed by atoms with Crippen LogP contribution in [-0.4, -0.2) is 25.2 Å². The fourth-order valence-electron chi connectivity index (χ4n) is 3.61. The average Bonchev–Trinajstić information content (AvgIpc) is 2.96. The molecule has 0 saturated carbocycles. The maximum Gasteiger partial charge on any atom is 0.406 e. The van der Waals surface area contributed by atoms with Crippen LogP contribution in [0.5, 0.6) is 0 Å². The van der Waals surface area contributed by atoms with E-state index >= 15 is 0 Å². The zero-order valence-corrected chi connectivity index (χ0v) is 17.6. The summed E-state index contributed by atoms with van der Waals surface area (Å²) in [6.45, 7) is 4.29. The molecule has 1 N–H and O–H groups in total. The van der Waals surface area contributed by atoms with Crippen molar-refractivity contribution in [3.05, 3.63) is 64.3 Å². The van der Waals surface area contributed by atoms with Crippen molar-refractivity contribution >= 4 is 32.5 Å². The van der Waals surface area contributed by atoms with Gasteiger partial charge in [0.1, 0.15) is 6.04 Å². The predicted octanol–water partition coefficient (Wildman–Crippen LogP) is 5.13. The number of hydrogen-bond acceptors (Lipinski definition) is 2. The fraction of sp³-hybridized carbons (Fsp3) is 0.300. The second kappa shape index (κ2) is 7.66. The minimum absolute atomic E-state index is 0.132. The third kappa shape index (κ3) is 4.44. The van der Waals surface area contributed by atoms with Gasteiger partial charge in [-0.05, 0) is 44.0 Å². The molecule has 1 heterocycles. The molecular weight excluding hydrogens is 425 g/mol. The first-order valence-corrected chi connectivity index (χ1v) is 10.7. The Morgan fingerprint density at radius 3 is 2.31 bits per heavy atom. The third-order valence-electron chi connectivity index (χ3n) is 4.68. The molecule has 0 aliphatic carbocycles. The van der Waals surface area contributed by atoms with Gasteiger partial charge in [0.2, 0.25) is 10.0 Å². The van der Waals surface area contributed by atoms with Crippen LogP contribution >= 0.6 is 11.6 Å². The molecule has 3 aromatic rings. The Kier molecular flexibility index (Phi) is 5.73. The standard InChI is InChI=1S/C20H20ClF3N2O2S/c1-12-9-13(2)19(14(3)10-12)29(27,28)25-17(20(22,23)24)11-26-8-7-15-5-4-6-16(21)18(15)26/h4-10,17,25H,11H2,1-3H3. The van der Waals surface area contributed by atoms with Crippen molar-refractivity contribution in [3.63, 3.8) is 0 Å². The largest absolute Gasteiger partial charge is 0.406 e. The lowest BCUT2D eigenvalue weighted by Crippen LogP contribution is -2.48. The van der Waals surface area contributed by atoms with E-state index in [4.69, 9.17) is 11.6 Å². The van der Waals surface area contributed by atoms with Crippen molar-refractivity contribution in [2.24, 2.45) is 0 Å². The summed E-state index contributed by atoms with van der Waals surface area (Å²) in [6.07, 6.45) is -3.33. The van der Waals surface area contributed by atoms with E-state index in [9.17, 15) is 21.6 Å². The summed E-state index contributed by atoms with van der Waals surface area (Å²) in [6, 6.07) is 7.57. The van der Waals surface area contributed by atoms with E-state index in [0.717, 1.165) is 5.56 Å². The summed E-state index contributed by atoms with van der Waals surface area (Å²) < 4.78 is 70.1. The van der Waals surface area contributed by atoms with Crippen LogP contribution in [0.1, 0.15) is 16.7 Å². The number of halogens is 4. The number of para-hydroxylation sites is 1. The molecule has 1 atom stereocenters. The second-order valence-electron chi connectivity index (χ2n) is 7.09. The Balaban J connectivity index is 2.00. The molecule has 0 radical (unpaired) electrons. The Hall–Kier alpha value is -2.03. The van der Waals surface area contributed by atoms with E-state index in [1.54, 1.807) is 57.2 Å². The van der Waals surface area contributed by atoms with Gasteiger partial charge < -0.3 is 4.57 Å². The molecule has 1 unspecified atom stereocenters. The van der Waals surface area contributed by atoms with E-state index in [0.29, 0.717) is 27.1 Å². The van der Waals surface area contributed by atoms with Gasteiger partial charge in [-0.1, -0.05) is 41.4 Å². The molecule has 3 rings (SSSR count). The number of nitrogens with one attached hydrogen (secondary N) is 1. The van der Waals surface area contributed by atoms with Gasteiger partial charge in [0.25, 0.3) is 0 Å². The topological polar surface area (TPSA) is 51.1 Å². The van der Waals surface area contributed by atoms with Gasteiger partial charge in [-0.3, -0.25) is 0 Å². The number of nitrogens with zero attached hydrogens (tertiary/aromatic N) is 1. The summed E-state index contributed by atoms with van der Waals surface area (Å²) in [4.78, 5) is -0.132. The Morgan fingerprint density at radius 2 is 1.72 bits per heavy atom. The molecule has 9 heteroatoms. The zero-order valence-electron chi connectivity index (χ0n) is 16.0. The molecule has 0 fully saturated rings. The number of rotatable bonds is 5. The van der Waals surface area contributed by atoms with Gasteiger partial charge in [0.05, 0.1) is 15.4 Å². The Labute approximate surface area is 172 Å². The van der Waals surface area contributed by atoms with Crippen LogP contribution in [0.3, 0.4) is 0 Å². The number of hydrogen-bond donors (Lipinski definition) is 1. The van der Waals surface area contributed by atoms with Crippen LogP contribution < -0.4 is 4.72 Å². The summed E-state index contributed by atoms with van der Waals surface area (Å²) in [7, 11) is -4.40. The number of alkyl halides is 3. The molecule has 0 bridgehead atoms. The van der Waals surface area contributed by atoms with Crippen molar-refractivity contribution in [1.29, 1.82) is 0 Å². The number of aryl methyl sites for hydroxylation is 3. The van der Waals surface area contributed by atoms with Crippen molar-refractivity contribution in [3.8, 4) is 0 Å². The van der Waals surface area contributed by atoms with Crippen molar-refractivity contribution in [2.75, 3.05) is 0 Å². The minimum Gasteiger partial charge on any atom is -0.344 e. The van der Waals surface area contributed by atoms with Crippen LogP contribution in [-0.2, 0) is 16.6 Å². The number of aromatic nitrogens is 1. The van der Waals surface area contributed by atoms with Crippen LogP contribution in [0.25, 0.3) is 10.9 Å². The molecule has 1 aromatic heterocycles. The van der Waals surface area contributed by atoms with E-state index in [1.807, 2.05) is 4.72 Å². The van der Waals surface area contributed by atoms with Gasteiger partial charge in [-0.2, -0.15) is 17.9 Å². The number of benzene rings is 2. The SMILES string of the molecule is Cc1cc(C)c(S(=O)(=O)NC(Cn2ccc3cccc(Cl)c32)C(F)(F)F)c(C)c1. The molecule has 4 nitrogen and oxygen atoms in total. The van der Waals surface area contributed by atoms with Crippen molar-refractivity contribution < 1.29 is 21.6 Å². The molecule has 0 saturated heterocycles. The quantitative estimate of drug-likeness (QED) is 0.593. The highest BCUT2D eigenvalue weighted by Crippen LogP contribution is 2.29. The number of fused-ring (bicyclic) bond motifs is 1. The summed E-state index contributed by atoms with van der Waals surface area (Å²) >= 11 is 6.15. The first-order chi connectivity index (χ1) is 13.4. The first kappa shape index (κ1) is 21.7. The molecule has 0 aliphatic rings. The molecule has 0 aliphatic heterocycles. The highest BCUT2D eigenvalue weighted by molar-refractivity contribution is 7.89. The average molecular weight is 445 g/mol. The smallest absolute Gasteiger partial charge is 0.344 e. The summed E-state index contributed by atoms with van der Waals surface area (Å²) in [5.74, 6) is 0. The highest BCUT2D eigenvalue weighted by Gasteiger charge is 2.43. The van der Waals surface area contributed by atoms with E-state index in [2.05, 4.69) is 0 Å². The van der Waals surface area contributed by atoms with E-state index in [-0.39, 0.29) is 4.90 Å². The van der Waals surface area contributed by atoms with Gasteiger partial charge in [0, 0.05) is 18.1 Å². The van der Waals surface area contributed by atoms with Crippen LogP contribution in [0.15, 0.2) is 47.5 Å². The van der Waals surface area contributed by atoms with Crippen LogP contribution in [0.4, 0.5) is 13.2 Å². The molecule has 156 valence electrons. The Morgan fingerprint density at radius 1 is 1.10 bits per heavy atom. The minimum atomic E-state index is -4.79. The molecule has 2 aromatic carbocycles. The summed E-state index contributed by atoms with van der Waals surface area (Å²) in [5, 5.41) is 0.966. The lowest BCUT2D eigenvalue weighted by molar-refractivity contribution is -0.154. The van der Waals surface area contributed by atoms with Crippen LogP contribution in [0.2, 0.25) is 5.02 Å².